The van der Waals surface area contributed by atoms with Gasteiger partial charge in [0.15, 0.2) is 0 Å². The van der Waals surface area contributed by atoms with Crippen molar-refractivity contribution in [2.75, 3.05) is 32.6 Å². The lowest BCUT2D eigenvalue weighted by Gasteiger charge is -2.11. The Labute approximate surface area is 78.9 Å². The third kappa shape index (κ3) is 4.04. The zero-order chi connectivity index (χ0) is 9.73. The standard InChI is InChI=1S/C7H16N2O3S/c1-12-4-5-13(10,11)9-7-2-3-8-6-7/h7-9H,2-6H2,1H3/t7-/m1/s1. The molecule has 2 N–H and O–H groups in total. The highest BCUT2D eigenvalue weighted by molar-refractivity contribution is 7.89. The first kappa shape index (κ1) is 10.9. The Bertz CT molecular complexity index is 234. The Hall–Kier alpha value is -0.170. The fourth-order valence-corrected chi connectivity index (χ4v) is 2.47. The van der Waals surface area contributed by atoms with Gasteiger partial charge in [-0.15, -0.1) is 0 Å². The van der Waals surface area contributed by atoms with Gasteiger partial charge in [0.25, 0.3) is 0 Å². The summed E-state index contributed by atoms with van der Waals surface area (Å²) in [4.78, 5) is 0. The van der Waals surface area contributed by atoms with Crippen molar-refractivity contribution in [2.24, 2.45) is 0 Å². The summed E-state index contributed by atoms with van der Waals surface area (Å²) in [5.41, 5.74) is 0. The molecule has 0 saturated carbocycles. The van der Waals surface area contributed by atoms with E-state index in [0.717, 1.165) is 19.5 Å². The van der Waals surface area contributed by atoms with Crippen molar-refractivity contribution in [3.05, 3.63) is 0 Å². The maximum absolute atomic E-state index is 11.3. The summed E-state index contributed by atoms with van der Waals surface area (Å²) in [6, 6.07) is 0.0573. The third-order valence-corrected chi connectivity index (χ3v) is 3.36. The van der Waals surface area contributed by atoms with Crippen LogP contribution in [0.15, 0.2) is 0 Å². The van der Waals surface area contributed by atoms with Crippen LogP contribution in [0.4, 0.5) is 0 Å². The zero-order valence-corrected chi connectivity index (χ0v) is 8.56. The minimum Gasteiger partial charge on any atom is -0.384 e. The second kappa shape index (κ2) is 4.90. The van der Waals surface area contributed by atoms with Crippen LogP contribution in [0.1, 0.15) is 6.42 Å². The first-order valence-corrected chi connectivity index (χ1v) is 5.99. The van der Waals surface area contributed by atoms with Crippen molar-refractivity contribution < 1.29 is 13.2 Å². The molecule has 0 aliphatic carbocycles. The van der Waals surface area contributed by atoms with Crippen molar-refractivity contribution >= 4 is 10.0 Å². The number of hydrogen-bond acceptors (Lipinski definition) is 4. The number of sulfonamides is 1. The molecule has 1 atom stereocenters. The van der Waals surface area contributed by atoms with E-state index < -0.39 is 10.0 Å². The van der Waals surface area contributed by atoms with E-state index in [0.29, 0.717) is 0 Å². The van der Waals surface area contributed by atoms with Gasteiger partial charge in [0, 0.05) is 19.7 Å². The van der Waals surface area contributed by atoms with E-state index in [1.807, 2.05) is 0 Å². The van der Waals surface area contributed by atoms with E-state index in [1.54, 1.807) is 0 Å². The fourth-order valence-electron chi connectivity index (χ4n) is 1.26. The van der Waals surface area contributed by atoms with Crippen LogP contribution in [0.25, 0.3) is 0 Å². The Morgan fingerprint density at radius 1 is 1.62 bits per heavy atom. The average Bonchev–Trinajstić information content (AvgIpc) is 2.52. The molecule has 1 fully saturated rings. The molecule has 0 bridgehead atoms. The number of rotatable bonds is 5. The van der Waals surface area contributed by atoms with Gasteiger partial charge in [-0.05, 0) is 13.0 Å². The van der Waals surface area contributed by atoms with E-state index in [1.165, 1.54) is 7.11 Å². The molecule has 0 amide bonds. The van der Waals surface area contributed by atoms with Crippen molar-refractivity contribution in [1.29, 1.82) is 0 Å². The Morgan fingerprint density at radius 3 is 2.92 bits per heavy atom. The summed E-state index contributed by atoms with van der Waals surface area (Å²) < 4.78 is 30.0. The quantitative estimate of drug-likeness (QED) is 0.603. The van der Waals surface area contributed by atoms with Gasteiger partial charge in [-0.2, -0.15) is 0 Å². The molecular formula is C7H16N2O3S. The molecule has 78 valence electrons. The molecule has 1 rings (SSSR count). The summed E-state index contributed by atoms with van der Waals surface area (Å²) >= 11 is 0. The lowest BCUT2D eigenvalue weighted by atomic mass is 10.3. The minimum absolute atomic E-state index is 0.0417. The number of hydrogen-bond donors (Lipinski definition) is 2. The number of nitrogens with one attached hydrogen (secondary N) is 2. The molecule has 6 heteroatoms. The molecule has 0 aromatic carbocycles. The molecule has 1 aliphatic heterocycles. The van der Waals surface area contributed by atoms with Crippen molar-refractivity contribution in [3.63, 3.8) is 0 Å². The van der Waals surface area contributed by atoms with E-state index in [2.05, 4.69) is 10.0 Å². The summed E-state index contributed by atoms with van der Waals surface area (Å²) in [7, 11) is -1.65. The maximum atomic E-state index is 11.3. The minimum atomic E-state index is -3.14. The molecule has 0 aromatic heterocycles. The van der Waals surface area contributed by atoms with Gasteiger partial charge >= 0.3 is 0 Å². The summed E-state index contributed by atoms with van der Waals surface area (Å²) in [5, 5.41) is 3.09. The van der Waals surface area contributed by atoms with Gasteiger partial charge in [-0.1, -0.05) is 0 Å². The summed E-state index contributed by atoms with van der Waals surface area (Å²) in [5.74, 6) is 0.0417. The first-order chi connectivity index (χ1) is 6.14. The summed E-state index contributed by atoms with van der Waals surface area (Å²) in [6.45, 7) is 1.86. The van der Waals surface area contributed by atoms with Crippen molar-refractivity contribution in [3.8, 4) is 0 Å². The smallest absolute Gasteiger partial charge is 0.214 e. The molecule has 1 aliphatic rings. The summed E-state index contributed by atoms with van der Waals surface area (Å²) in [6.07, 6.45) is 0.867. The van der Waals surface area contributed by atoms with E-state index in [4.69, 9.17) is 4.74 Å². The van der Waals surface area contributed by atoms with E-state index >= 15 is 0 Å². The predicted octanol–water partition coefficient (Wildman–Crippen LogP) is -1.09. The van der Waals surface area contributed by atoms with Crippen LogP contribution in [-0.2, 0) is 14.8 Å². The van der Waals surface area contributed by atoms with Crippen LogP contribution in [-0.4, -0.2) is 47.0 Å². The van der Waals surface area contributed by atoms with Gasteiger partial charge in [0.05, 0.1) is 12.4 Å². The molecule has 1 heterocycles. The van der Waals surface area contributed by atoms with Crippen LogP contribution in [0.5, 0.6) is 0 Å². The fraction of sp³-hybridized carbons (Fsp3) is 1.00. The Morgan fingerprint density at radius 2 is 2.38 bits per heavy atom. The Kier molecular flexibility index (Phi) is 4.11. The van der Waals surface area contributed by atoms with Crippen LogP contribution in [0, 0.1) is 0 Å². The van der Waals surface area contributed by atoms with Crippen LogP contribution >= 0.6 is 0 Å². The Balaban J connectivity index is 2.32. The van der Waals surface area contributed by atoms with Crippen LogP contribution < -0.4 is 10.0 Å². The first-order valence-electron chi connectivity index (χ1n) is 4.34. The largest absolute Gasteiger partial charge is 0.384 e. The normalized spacial score (nSPS) is 23.6. The average molecular weight is 208 g/mol. The highest BCUT2D eigenvalue weighted by Crippen LogP contribution is 1.99. The number of methoxy groups -OCH3 is 1. The maximum Gasteiger partial charge on any atom is 0.214 e. The molecule has 13 heavy (non-hydrogen) atoms. The van der Waals surface area contributed by atoms with Gasteiger partial charge in [0.1, 0.15) is 0 Å². The number of ether oxygens (including phenoxy) is 1. The molecule has 0 unspecified atom stereocenters. The third-order valence-electron chi connectivity index (χ3n) is 1.96. The molecule has 0 radical (unpaired) electrons. The molecule has 5 nitrogen and oxygen atoms in total. The van der Waals surface area contributed by atoms with E-state index in [-0.39, 0.29) is 18.4 Å². The lowest BCUT2D eigenvalue weighted by molar-refractivity contribution is 0.216. The molecule has 1 saturated heterocycles. The van der Waals surface area contributed by atoms with Crippen molar-refractivity contribution in [2.45, 2.75) is 12.5 Å². The van der Waals surface area contributed by atoms with Gasteiger partial charge in [-0.25, -0.2) is 13.1 Å². The lowest BCUT2D eigenvalue weighted by Crippen LogP contribution is -2.38. The highest BCUT2D eigenvalue weighted by Gasteiger charge is 2.20. The SMILES string of the molecule is COCCS(=O)(=O)N[C@@H]1CCNC1. The van der Waals surface area contributed by atoms with Crippen LogP contribution in [0.2, 0.25) is 0 Å². The molecule has 0 spiro atoms. The predicted molar refractivity (Wildman–Crippen MR) is 50.1 cm³/mol. The van der Waals surface area contributed by atoms with Gasteiger partial charge in [0.2, 0.25) is 10.0 Å². The van der Waals surface area contributed by atoms with Crippen LogP contribution in [0.3, 0.4) is 0 Å². The topological polar surface area (TPSA) is 67.4 Å². The van der Waals surface area contributed by atoms with Gasteiger partial charge in [-0.3, -0.25) is 0 Å². The highest BCUT2D eigenvalue weighted by atomic mass is 32.2. The van der Waals surface area contributed by atoms with Crippen molar-refractivity contribution in [1.82, 2.24) is 10.0 Å². The second-order valence-electron chi connectivity index (χ2n) is 3.12. The second-order valence-corrected chi connectivity index (χ2v) is 4.99. The van der Waals surface area contributed by atoms with E-state index in [9.17, 15) is 8.42 Å². The molecule has 0 aromatic rings. The van der Waals surface area contributed by atoms with Gasteiger partial charge < -0.3 is 10.1 Å². The zero-order valence-electron chi connectivity index (χ0n) is 7.75. The monoisotopic (exact) mass is 208 g/mol. The molecular weight excluding hydrogens is 192 g/mol.